The third-order valence-electron chi connectivity index (χ3n) is 6.54. The predicted molar refractivity (Wildman–Crippen MR) is 108 cm³/mol. The highest BCUT2D eigenvalue weighted by atomic mass is 16.5. The van der Waals surface area contributed by atoms with Gasteiger partial charge in [-0.2, -0.15) is 0 Å². The molecule has 0 unspecified atom stereocenters. The van der Waals surface area contributed by atoms with Crippen molar-refractivity contribution in [2.45, 2.75) is 44.1 Å². The van der Waals surface area contributed by atoms with Crippen molar-refractivity contribution in [2.24, 2.45) is 5.41 Å². The Hall–Kier alpha value is -2.13. The van der Waals surface area contributed by atoms with Crippen LogP contribution in [0.2, 0.25) is 0 Å². The zero-order chi connectivity index (χ0) is 18.7. The molecular formula is C24H29NO2. The number of amides is 1. The highest BCUT2D eigenvalue weighted by Crippen LogP contribution is 2.47. The Morgan fingerprint density at radius 3 is 2.19 bits per heavy atom. The van der Waals surface area contributed by atoms with Gasteiger partial charge in [-0.3, -0.25) is 4.79 Å². The number of piperidine rings is 1. The van der Waals surface area contributed by atoms with Crippen molar-refractivity contribution in [1.29, 1.82) is 0 Å². The molecule has 1 aliphatic heterocycles. The van der Waals surface area contributed by atoms with E-state index in [4.69, 9.17) is 4.74 Å². The molecule has 27 heavy (non-hydrogen) atoms. The van der Waals surface area contributed by atoms with Crippen LogP contribution in [0.5, 0.6) is 0 Å². The zero-order valence-electron chi connectivity index (χ0n) is 16.1. The molecule has 4 rings (SSSR count). The van der Waals surface area contributed by atoms with Gasteiger partial charge >= 0.3 is 0 Å². The number of hydrogen-bond donors (Lipinski definition) is 0. The van der Waals surface area contributed by atoms with E-state index in [1.54, 1.807) is 0 Å². The molecule has 3 heteroatoms. The number of likely N-dealkylation sites (tertiary alicyclic amines) is 1. The molecule has 0 N–H and O–H groups in total. The summed E-state index contributed by atoms with van der Waals surface area (Å²) in [6, 6.07) is 20.4. The lowest BCUT2D eigenvalue weighted by Gasteiger charge is -2.44. The Morgan fingerprint density at radius 2 is 1.59 bits per heavy atom. The van der Waals surface area contributed by atoms with Gasteiger partial charge in [0.15, 0.2) is 0 Å². The van der Waals surface area contributed by atoms with Crippen LogP contribution in [0.1, 0.15) is 49.1 Å². The van der Waals surface area contributed by atoms with Gasteiger partial charge in [0.05, 0.1) is 12.0 Å². The summed E-state index contributed by atoms with van der Waals surface area (Å²) in [6.07, 6.45) is 6.05. The number of benzene rings is 2. The number of ether oxygens (including phenoxy) is 1. The minimum atomic E-state index is -0.232. The molecule has 142 valence electrons. The summed E-state index contributed by atoms with van der Waals surface area (Å²) in [5, 5.41) is 0. The van der Waals surface area contributed by atoms with Crippen LogP contribution < -0.4 is 0 Å². The van der Waals surface area contributed by atoms with E-state index in [1.165, 1.54) is 19.3 Å². The second-order valence-corrected chi connectivity index (χ2v) is 8.10. The van der Waals surface area contributed by atoms with Crippen molar-refractivity contribution in [1.82, 2.24) is 4.90 Å². The fourth-order valence-electron chi connectivity index (χ4n) is 5.24. The summed E-state index contributed by atoms with van der Waals surface area (Å²) in [6.45, 7) is 1.69. The lowest BCUT2D eigenvalue weighted by molar-refractivity contribution is -0.138. The first-order chi connectivity index (χ1) is 13.2. The van der Waals surface area contributed by atoms with Gasteiger partial charge in [-0.15, -0.1) is 0 Å². The second kappa shape index (κ2) is 7.85. The molecule has 3 nitrogen and oxygen atoms in total. The minimum Gasteiger partial charge on any atom is -0.381 e. The standard InChI is InChI=1S/C24H29NO2/c1-27-21-14-8-15-24(21)16-9-17-25(18-24)23(26)22(19-10-4-2-5-11-19)20-12-6-3-7-13-20/h2-7,10-13,21-22H,8-9,14-18H2,1H3/t21-,24-/m1/s1. The largest absolute Gasteiger partial charge is 0.381 e. The molecule has 1 saturated carbocycles. The minimum absolute atomic E-state index is 0.153. The first kappa shape index (κ1) is 18.2. The lowest BCUT2D eigenvalue weighted by Crippen LogP contribution is -2.51. The average Bonchev–Trinajstić information content (AvgIpc) is 3.11. The molecule has 1 spiro atoms. The molecule has 2 aliphatic rings. The van der Waals surface area contributed by atoms with Gasteiger partial charge in [-0.1, -0.05) is 67.1 Å². The fraction of sp³-hybridized carbons (Fsp3) is 0.458. The fourth-order valence-corrected chi connectivity index (χ4v) is 5.24. The van der Waals surface area contributed by atoms with E-state index in [0.29, 0.717) is 6.10 Å². The number of hydrogen-bond acceptors (Lipinski definition) is 2. The van der Waals surface area contributed by atoms with E-state index >= 15 is 0 Å². The molecule has 2 atom stereocenters. The Bertz CT molecular complexity index is 721. The summed E-state index contributed by atoms with van der Waals surface area (Å²) < 4.78 is 5.82. The van der Waals surface area contributed by atoms with Gasteiger partial charge in [0.2, 0.25) is 5.91 Å². The molecular weight excluding hydrogens is 334 g/mol. The first-order valence-electron chi connectivity index (χ1n) is 10.1. The summed E-state index contributed by atoms with van der Waals surface area (Å²) in [7, 11) is 1.83. The monoisotopic (exact) mass is 363 g/mol. The SMILES string of the molecule is CO[C@@H]1CCC[C@]12CCCN(C(=O)C(c1ccccc1)c1ccccc1)C2. The van der Waals surface area contributed by atoms with Crippen molar-refractivity contribution in [3.05, 3.63) is 71.8 Å². The van der Waals surface area contributed by atoms with E-state index in [1.807, 2.05) is 43.5 Å². The number of methoxy groups -OCH3 is 1. The van der Waals surface area contributed by atoms with Crippen LogP contribution in [0, 0.1) is 5.41 Å². The van der Waals surface area contributed by atoms with Crippen LogP contribution in [-0.4, -0.2) is 37.1 Å². The summed E-state index contributed by atoms with van der Waals surface area (Å²) in [4.78, 5) is 15.8. The van der Waals surface area contributed by atoms with Gasteiger partial charge in [0.1, 0.15) is 0 Å². The number of nitrogens with zero attached hydrogens (tertiary/aromatic N) is 1. The Kier molecular flexibility index (Phi) is 5.31. The smallest absolute Gasteiger partial charge is 0.234 e. The van der Waals surface area contributed by atoms with Crippen molar-refractivity contribution < 1.29 is 9.53 Å². The highest BCUT2D eigenvalue weighted by molar-refractivity contribution is 5.87. The third kappa shape index (κ3) is 3.53. The summed E-state index contributed by atoms with van der Waals surface area (Å²) in [5.74, 6) is -0.00169. The molecule has 1 amide bonds. The first-order valence-corrected chi connectivity index (χ1v) is 10.1. The van der Waals surface area contributed by atoms with Crippen molar-refractivity contribution in [3.8, 4) is 0 Å². The van der Waals surface area contributed by atoms with Gasteiger partial charge in [0, 0.05) is 25.6 Å². The molecule has 2 aromatic rings. The Morgan fingerprint density at radius 1 is 1.00 bits per heavy atom. The van der Waals surface area contributed by atoms with Crippen LogP contribution >= 0.6 is 0 Å². The molecule has 2 aromatic carbocycles. The normalized spacial score (nSPS) is 25.3. The molecule has 0 radical (unpaired) electrons. The number of rotatable bonds is 4. The Labute approximate surface area is 162 Å². The topological polar surface area (TPSA) is 29.5 Å². The van der Waals surface area contributed by atoms with Crippen LogP contribution in [0.25, 0.3) is 0 Å². The summed E-state index contributed by atoms with van der Waals surface area (Å²) >= 11 is 0. The van der Waals surface area contributed by atoms with E-state index in [9.17, 15) is 4.79 Å². The van der Waals surface area contributed by atoms with E-state index < -0.39 is 0 Å². The molecule has 0 aromatic heterocycles. The predicted octanol–water partition coefficient (Wildman–Crippen LogP) is 4.63. The molecule has 1 heterocycles. The number of carbonyl (C=O) groups is 1. The lowest BCUT2D eigenvalue weighted by atomic mass is 9.76. The van der Waals surface area contributed by atoms with Crippen molar-refractivity contribution in [2.75, 3.05) is 20.2 Å². The van der Waals surface area contributed by atoms with Gasteiger partial charge in [-0.05, 0) is 36.8 Å². The average molecular weight is 364 g/mol. The van der Waals surface area contributed by atoms with Crippen molar-refractivity contribution >= 4 is 5.91 Å². The third-order valence-corrected chi connectivity index (χ3v) is 6.54. The number of carbonyl (C=O) groups excluding carboxylic acids is 1. The van der Waals surface area contributed by atoms with Gasteiger partial charge in [-0.25, -0.2) is 0 Å². The maximum absolute atomic E-state index is 13.7. The highest BCUT2D eigenvalue weighted by Gasteiger charge is 2.47. The quantitative estimate of drug-likeness (QED) is 0.793. The maximum Gasteiger partial charge on any atom is 0.234 e. The van der Waals surface area contributed by atoms with Crippen LogP contribution in [0.3, 0.4) is 0 Å². The van der Waals surface area contributed by atoms with E-state index in [-0.39, 0.29) is 17.2 Å². The van der Waals surface area contributed by atoms with Gasteiger partial charge < -0.3 is 9.64 Å². The van der Waals surface area contributed by atoms with Crippen LogP contribution in [0.4, 0.5) is 0 Å². The van der Waals surface area contributed by atoms with Crippen LogP contribution in [-0.2, 0) is 9.53 Å². The molecule has 2 fully saturated rings. The summed E-state index contributed by atoms with van der Waals surface area (Å²) in [5.41, 5.74) is 2.30. The molecule has 0 bridgehead atoms. The van der Waals surface area contributed by atoms with Gasteiger partial charge in [0.25, 0.3) is 0 Å². The molecule has 1 aliphatic carbocycles. The molecule has 1 saturated heterocycles. The zero-order valence-corrected chi connectivity index (χ0v) is 16.1. The van der Waals surface area contributed by atoms with E-state index in [2.05, 4.69) is 29.2 Å². The van der Waals surface area contributed by atoms with Crippen LogP contribution in [0.15, 0.2) is 60.7 Å². The Balaban J connectivity index is 1.64. The maximum atomic E-state index is 13.7. The second-order valence-electron chi connectivity index (χ2n) is 8.10. The van der Waals surface area contributed by atoms with E-state index in [0.717, 1.165) is 37.1 Å². The van der Waals surface area contributed by atoms with Crippen molar-refractivity contribution in [3.63, 3.8) is 0 Å².